The molecule has 2 amide bonds. The Morgan fingerprint density at radius 1 is 1.30 bits per heavy atom. The fourth-order valence-corrected chi connectivity index (χ4v) is 4.21. The highest BCUT2D eigenvalue weighted by Crippen LogP contribution is 2.35. The average molecular weight is 434 g/mol. The fraction of sp³-hybridized carbons (Fsp3) is 0.524. The molecule has 2 heterocycles. The van der Waals surface area contributed by atoms with E-state index in [0.717, 1.165) is 48.9 Å². The van der Waals surface area contributed by atoms with Crippen LogP contribution in [0.2, 0.25) is 5.02 Å². The van der Waals surface area contributed by atoms with E-state index >= 15 is 0 Å². The summed E-state index contributed by atoms with van der Waals surface area (Å²) in [5, 5.41) is 22.3. The number of halogens is 1. The minimum absolute atomic E-state index is 0.0224. The van der Waals surface area contributed by atoms with Crippen molar-refractivity contribution in [2.24, 2.45) is 5.92 Å². The first-order chi connectivity index (χ1) is 14.5. The summed E-state index contributed by atoms with van der Waals surface area (Å²) < 4.78 is 0. The molecule has 0 radical (unpaired) electrons. The van der Waals surface area contributed by atoms with E-state index in [2.05, 4.69) is 25.8 Å². The van der Waals surface area contributed by atoms with Crippen LogP contribution in [0, 0.1) is 5.92 Å². The molecule has 162 valence electrons. The molecule has 30 heavy (non-hydrogen) atoms. The van der Waals surface area contributed by atoms with Gasteiger partial charge >= 0.3 is 0 Å². The maximum absolute atomic E-state index is 12.8. The molecule has 3 rings (SSSR count). The predicted octanol–water partition coefficient (Wildman–Crippen LogP) is 3.07. The first kappa shape index (κ1) is 22.2. The Morgan fingerprint density at radius 3 is 2.90 bits per heavy atom. The molecule has 2 aromatic rings. The summed E-state index contributed by atoms with van der Waals surface area (Å²) in [5.41, 5.74) is 2.54. The third-order valence-corrected chi connectivity index (χ3v) is 5.81. The van der Waals surface area contributed by atoms with Crippen molar-refractivity contribution in [1.29, 1.82) is 0 Å². The van der Waals surface area contributed by atoms with Crippen LogP contribution in [-0.2, 0) is 16.0 Å². The number of H-pyrrole nitrogens is 1. The van der Waals surface area contributed by atoms with Crippen molar-refractivity contribution in [2.45, 2.75) is 57.9 Å². The normalized spacial score (nSPS) is 18.8. The standard InChI is InChI=1S/C21H28ClN5O3/c1-13(29)25-15-6-4-5-14(11-15)21(30)26-20-19(22)16(8-9-23-20)17-12-24-27-18(17)7-2-3-10-28/h8-9,12,14-15,28H,2-7,10-11H2,1H3,(H,24,27)(H,25,29)(H,23,26,30)/t14-,15+/m1/s1. The lowest BCUT2D eigenvalue weighted by Crippen LogP contribution is -2.40. The van der Waals surface area contributed by atoms with Crippen LogP contribution in [0.4, 0.5) is 5.82 Å². The topological polar surface area (TPSA) is 120 Å². The van der Waals surface area contributed by atoms with Crippen LogP contribution in [0.1, 0.15) is 51.1 Å². The highest BCUT2D eigenvalue weighted by Gasteiger charge is 2.28. The van der Waals surface area contributed by atoms with E-state index in [9.17, 15) is 9.59 Å². The van der Waals surface area contributed by atoms with Crippen molar-refractivity contribution in [1.82, 2.24) is 20.5 Å². The van der Waals surface area contributed by atoms with Crippen LogP contribution < -0.4 is 10.6 Å². The molecule has 2 aromatic heterocycles. The molecule has 2 atom stereocenters. The average Bonchev–Trinajstić information content (AvgIpc) is 3.18. The summed E-state index contributed by atoms with van der Waals surface area (Å²) in [4.78, 5) is 28.4. The molecule has 1 saturated carbocycles. The zero-order valence-electron chi connectivity index (χ0n) is 17.1. The van der Waals surface area contributed by atoms with Crippen molar-refractivity contribution in [3.63, 3.8) is 0 Å². The second kappa shape index (κ2) is 10.5. The van der Waals surface area contributed by atoms with Crippen LogP contribution in [0.5, 0.6) is 0 Å². The Hall–Kier alpha value is -2.45. The molecule has 8 nitrogen and oxygen atoms in total. The Bertz CT molecular complexity index is 885. The Kier molecular flexibility index (Phi) is 7.81. The number of aliphatic hydroxyl groups excluding tert-OH is 1. The highest BCUT2D eigenvalue weighted by molar-refractivity contribution is 6.36. The van der Waals surface area contributed by atoms with Crippen molar-refractivity contribution in [3.05, 3.63) is 29.2 Å². The molecule has 0 unspecified atom stereocenters. The number of carbonyl (C=O) groups is 2. The third kappa shape index (κ3) is 5.58. The SMILES string of the molecule is CC(=O)N[C@H]1CCC[C@@H](C(=O)Nc2nccc(-c3cn[nH]c3CCCCO)c2Cl)C1. The number of rotatable bonds is 8. The quantitative estimate of drug-likeness (QED) is 0.477. The first-order valence-electron chi connectivity index (χ1n) is 10.4. The van der Waals surface area contributed by atoms with Gasteiger partial charge in [-0.05, 0) is 44.6 Å². The summed E-state index contributed by atoms with van der Waals surface area (Å²) >= 11 is 6.60. The lowest BCUT2D eigenvalue weighted by atomic mass is 9.85. The third-order valence-electron chi connectivity index (χ3n) is 5.43. The van der Waals surface area contributed by atoms with Crippen molar-refractivity contribution < 1.29 is 14.7 Å². The van der Waals surface area contributed by atoms with Crippen LogP contribution in [0.15, 0.2) is 18.5 Å². The molecule has 4 N–H and O–H groups in total. The van der Waals surface area contributed by atoms with Gasteiger partial charge in [-0.3, -0.25) is 14.7 Å². The molecule has 1 fully saturated rings. The summed E-state index contributed by atoms with van der Waals surface area (Å²) in [6.07, 6.45) is 8.76. The van der Waals surface area contributed by atoms with E-state index < -0.39 is 0 Å². The number of hydrogen-bond donors (Lipinski definition) is 4. The predicted molar refractivity (Wildman–Crippen MR) is 115 cm³/mol. The Morgan fingerprint density at radius 2 is 2.13 bits per heavy atom. The van der Waals surface area contributed by atoms with Gasteiger partial charge in [0.25, 0.3) is 0 Å². The first-order valence-corrected chi connectivity index (χ1v) is 10.7. The number of pyridine rings is 1. The maximum atomic E-state index is 12.8. The van der Waals surface area contributed by atoms with Gasteiger partial charge in [0.1, 0.15) is 0 Å². The number of nitrogens with zero attached hydrogens (tertiary/aromatic N) is 2. The number of aliphatic hydroxyl groups is 1. The van der Waals surface area contributed by atoms with Crippen molar-refractivity contribution >= 4 is 29.2 Å². The van der Waals surface area contributed by atoms with Gasteiger partial charge in [-0.2, -0.15) is 5.10 Å². The number of hydrogen-bond acceptors (Lipinski definition) is 5. The smallest absolute Gasteiger partial charge is 0.228 e. The zero-order chi connectivity index (χ0) is 21.5. The molecule has 0 bridgehead atoms. The van der Waals surface area contributed by atoms with Gasteiger partial charge < -0.3 is 15.7 Å². The van der Waals surface area contributed by atoms with Crippen LogP contribution >= 0.6 is 11.6 Å². The molecule has 0 aromatic carbocycles. The highest BCUT2D eigenvalue weighted by atomic mass is 35.5. The summed E-state index contributed by atoms with van der Waals surface area (Å²) in [7, 11) is 0. The lowest BCUT2D eigenvalue weighted by Gasteiger charge is -2.28. The fourth-order valence-electron chi connectivity index (χ4n) is 3.95. The second-order valence-corrected chi connectivity index (χ2v) is 8.09. The lowest BCUT2D eigenvalue weighted by molar-refractivity contribution is -0.123. The number of aromatic amines is 1. The molecular weight excluding hydrogens is 406 g/mol. The van der Waals surface area contributed by atoms with Crippen LogP contribution in [0.3, 0.4) is 0 Å². The molecule has 0 spiro atoms. The van der Waals surface area contributed by atoms with Gasteiger partial charge in [0, 0.05) is 48.5 Å². The molecule has 1 aliphatic carbocycles. The molecule has 0 aliphatic heterocycles. The number of nitrogens with one attached hydrogen (secondary N) is 3. The van der Waals surface area contributed by atoms with Gasteiger partial charge in [-0.15, -0.1) is 0 Å². The molecule has 9 heteroatoms. The van der Waals surface area contributed by atoms with Gasteiger partial charge in [0.05, 0.1) is 11.2 Å². The summed E-state index contributed by atoms with van der Waals surface area (Å²) in [6, 6.07) is 1.82. The van der Waals surface area contributed by atoms with Gasteiger partial charge in [-0.1, -0.05) is 18.0 Å². The zero-order valence-corrected chi connectivity index (χ0v) is 17.8. The molecule has 1 aliphatic rings. The Labute approximate surface area is 180 Å². The number of amides is 2. The van der Waals surface area contributed by atoms with E-state index in [0.29, 0.717) is 23.7 Å². The van der Waals surface area contributed by atoms with Crippen LogP contribution in [0.25, 0.3) is 11.1 Å². The van der Waals surface area contributed by atoms with Crippen molar-refractivity contribution in [3.8, 4) is 11.1 Å². The Balaban J connectivity index is 1.72. The van der Waals surface area contributed by atoms with E-state index in [1.807, 2.05) is 0 Å². The summed E-state index contributed by atoms with van der Waals surface area (Å²) in [5.74, 6) is -0.0799. The maximum Gasteiger partial charge on any atom is 0.228 e. The monoisotopic (exact) mass is 433 g/mol. The van der Waals surface area contributed by atoms with Gasteiger partial charge in [0.2, 0.25) is 11.8 Å². The van der Waals surface area contributed by atoms with E-state index in [-0.39, 0.29) is 30.4 Å². The van der Waals surface area contributed by atoms with Crippen LogP contribution in [-0.4, -0.2) is 44.8 Å². The molecule has 0 saturated heterocycles. The second-order valence-electron chi connectivity index (χ2n) is 7.71. The van der Waals surface area contributed by atoms with E-state index in [4.69, 9.17) is 16.7 Å². The number of anilines is 1. The van der Waals surface area contributed by atoms with E-state index in [1.165, 1.54) is 6.92 Å². The minimum atomic E-state index is -0.194. The number of aromatic nitrogens is 3. The number of unbranched alkanes of at least 4 members (excludes halogenated alkanes) is 1. The van der Waals surface area contributed by atoms with Gasteiger partial charge in [0.15, 0.2) is 5.82 Å². The number of aryl methyl sites for hydroxylation is 1. The summed E-state index contributed by atoms with van der Waals surface area (Å²) in [6.45, 7) is 1.65. The largest absolute Gasteiger partial charge is 0.396 e. The minimum Gasteiger partial charge on any atom is -0.396 e. The van der Waals surface area contributed by atoms with E-state index in [1.54, 1.807) is 18.5 Å². The molecular formula is C21H28ClN5O3. The van der Waals surface area contributed by atoms with Gasteiger partial charge in [-0.25, -0.2) is 4.98 Å². The number of carbonyl (C=O) groups excluding carboxylic acids is 2. The van der Waals surface area contributed by atoms with Crippen molar-refractivity contribution in [2.75, 3.05) is 11.9 Å².